The van der Waals surface area contributed by atoms with Gasteiger partial charge in [0.05, 0.1) is 42.8 Å². The molecule has 2 rings (SSSR count). The van der Waals surface area contributed by atoms with Crippen molar-refractivity contribution in [3.8, 4) is 0 Å². The maximum atomic E-state index is 13.2. The number of hydrogen-bond donors (Lipinski definition) is 0. The van der Waals surface area contributed by atoms with Gasteiger partial charge in [-0.05, 0) is 44.4 Å². The number of unbranched alkanes of at least 4 members (excludes halogenated alkanes) is 18. The minimum atomic E-state index is -4.34. The lowest BCUT2D eigenvalue weighted by Crippen LogP contribution is -2.16. The maximum absolute atomic E-state index is 13.2. The van der Waals surface area contributed by atoms with E-state index in [4.69, 9.17) is 13.8 Å². The number of carbonyl (C=O) groups excluding carboxylic acids is 1. The van der Waals surface area contributed by atoms with Gasteiger partial charge in [0.1, 0.15) is 19.7 Å². The third-order valence-electron chi connectivity index (χ3n) is 11.3. The number of rotatable bonds is 38. The fourth-order valence-corrected chi connectivity index (χ4v) is 11.5. The van der Waals surface area contributed by atoms with E-state index in [1.807, 2.05) is 0 Å². The quantitative estimate of drug-likeness (QED) is 0.0442. The van der Waals surface area contributed by atoms with Crippen molar-refractivity contribution in [2.45, 2.75) is 200 Å². The second-order valence-corrected chi connectivity index (χ2v) is 22.6. The SMILES string of the molecule is CCOC(=O)P(=O)(OCCCS(=O)(=O)CCCCCCCCCCCCC1CCC1)OCCCS(=O)(=O)CCCCCCCCCCCCC1CCC1. The highest BCUT2D eigenvalue weighted by Gasteiger charge is 2.37. The van der Waals surface area contributed by atoms with Gasteiger partial charge in [0.2, 0.25) is 0 Å². The Balaban J connectivity index is 1.47. The molecule has 2 aliphatic carbocycles. The van der Waals surface area contributed by atoms with Crippen LogP contribution in [0, 0.1) is 11.8 Å². The first kappa shape index (κ1) is 48.7. The highest BCUT2D eigenvalue weighted by atomic mass is 32.2. The Hall–Kier alpha value is -0.480. The van der Waals surface area contributed by atoms with Crippen molar-refractivity contribution in [1.29, 1.82) is 0 Å². The Morgan fingerprint density at radius 2 is 0.792 bits per heavy atom. The topological polar surface area (TPSA) is 130 Å². The van der Waals surface area contributed by atoms with Crippen molar-refractivity contribution >= 4 is 33.0 Å². The highest BCUT2D eigenvalue weighted by Crippen LogP contribution is 2.50. The van der Waals surface area contributed by atoms with Gasteiger partial charge < -0.3 is 13.8 Å². The summed E-state index contributed by atoms with van der Waals surface area (Å²) < 4.78 is 78.8. The van der Waals surface area contributed by atoms with E-state index in [2.05, 4.69) is 0 Å². The largest absolute Gasteiger partial charge is 0.457 e. The lowest BCUT2D eigenvalue weighted by Gasteiger charge is -2.24. The van der Waals surface area contributed by atoms with Crippen LogP contribution in [0.1, 0.15) is 200 Å². The van der Waals surface area contributed by atoms with Crippen LogP contribution in [0.15, 0.2) is 0 Å². The Morgan fingerprint density at radius 3 is 1.09 bits per heavy atom. The molecule has 2 saturated carbocycles. The molecule has 0 spiro atoms. The van der Waals surface area contributed by atoms with Crippen LogP contribution < -0.4 is 0 Å². The molecular weight excluding hydrogens is 732 g/mol. The smallest absolute Gasteiger partial charge is 0.438 e. The lowest BCUT2D eigenvalue weighted by atomic mass is 9.81. The van der Waals surface area contributed by atoms with Crippen LogP contribution >= 0.6 is 7.60 Å². The molecule has 0 aliphatic heterocycles. The molecule has 2 fully saturated rings. The minimum Gasteiger partial charge on any atom is -0.457 e. The Kier molecular flexibility index (Phi) is 27.3. The van der Waals surface area contributed by atoms with Gasteiger partial charge in [0.25, 0.3) is 0 Å². The van der Waals surface area contributed by atoms with Gasteiger partial charge in [-0.25, -0.2) is 26.2 Å². The molecular formula is C41H79O9PS2. The van der Waals surface area contributed by atoms with E-state index in [9.17, 15) is 26.2 Å². The molecule has 0 aromatic carbocycles. The van der Waals surface area contributed by atoms with E-state index in [0.29, 0.717) is 12.8 Å². The molecule has 0 saturated heterocycles. The number of carbonyl (C=O) groups is 1. The second-order valence-electron chi connectivity index (χ2n) is 16.1. The van der Waals surface area contributed by atoms with Gasteiger partial charge >= 0.3 is 13.3 Å². The van der Waals surface area contributed by atoms with E-state index in [0.717, 1.165) is 50.4 Å². The second kappa shape index (κ2) is 29.7. The van der Waals surface area contributed by atoms with Gasteiger partial charge in [0, 0.05) is 0 Å². The summed E-state index contributed by atoms with van der Waals surface area (Å²) in [4.78, 5) is 12.4. The molecule has 0 aromatic rings. The lowest BCUT2D eigenvalue weighted by molar-refractivity contribution is 0.149. The monoisotopic (exact) mass is 810 g/mol. The number of sulfone groups is 2. The summed E-state index contributed by atoms with van der Waals surface area (Å²) in [6.07, 6.45) is 34.8. The van der Waals surface area contributed by atoms with Crippen molar-refractivity contribution in [2.24, 2.45) is 11.8 Å². The zero-order chi connectivity index (χ0) is 38.5. The van der Waals surface area contributed by atoms with Crippen LogP contribution in [0.5, 0.6) is 0 Å². The van der Waals surface area contributed by atoms with Crippen LogP contribution in [0.25, 0.3) is 0 Å². The van der Waals surface area contributed by atoms with Crippen molar-refractivity contribution < 1.29 is 40.0 Å². The van der Waals surface area contributed by atoms with E-state index in [-0.39, 0.29) is 55.7 Å². The first-order valence-corrected chi connectivity index (χ1v) is 27.2. The van der Waals surface area contributed by atoms with Crippen LogP contribution in [0.2, 0.25) is 0 Å². The maximum Gasteiger partial charge on any atom is 0.438 e. The van der Waals surface area contributed by atoms with E-state index in [1.54, 1.807) is 6.92 Å². The molecule has 12 heteroatoms. The standard InChI is InChI=1S/C41H79O9PS2/c1-2-48-41(42)51(43,49-33-25-37-52(44,45)35-21-17-13-9-5-3-7-11-15-19-27-39-29-23-30-39)50-34-26-38-53(46,47)36-22-18-14-10-6-4-8-12-16-20-28-40-31-24-32-40/h39-40H,2-38H2,1H3. The number of ether oxygens (including phenoxy) is 1. The molecule has 0 radical (unpaired) electrons. The average Bonchev–Trinajstić information content (AvgIpc) is 3.07. The predicted molar refractivity (Wildman–Crippen MR) is 219 cm³/mol. The molecule has 0 amide bonds. The van der Waals surface area contributed by atoms with Crippen molar-refractivity contribution in [3.63, 3.8) is 0 Å². The van der Waals surface area contributed by atoms with Crippen LogP contribution in [-0.4, -0.2) is 65.4 Å². The van der Waals surface area contributed by atoms with E-state index < -0.39 is 33.0 Å². The van der Waals surface area contributed by atoms with Crippen molar-refractivity contribution in [1.82, 2.24) is 0 Å². The fourth-order valence-electron chi connectivity index (χ4n) is 7.38. The molecule has 0 atom stereocenters. The zero-order valence-electron chi connectivity index (χ0n) is 33.8. The van der Waals surface area contributed by atoms with Crippen LogP contribution in [0.4, 0.5) is 4.79 Å². The summed E-state index contributed by atoms with van der Waals surface area (Å²) in [5, 5.41) is 0. The van der Waals surface area contributed by atoms with Crippen molar-refractivity contribution in [2.75, 3.05) is 42.8 Å². The minimum absolute atomic E-state index is 0.0288. The normalized spacial score (nSPS) is 15.7. The summed E-state index contributed by atoms with van der Waals surface area (Å²) in [5.41, 5.74) is -1.14. The molecule has 0 unspecified atom stereocenters. The van der Waals surface area contributed by atoms with Gasteiger partial charge in [-0.3, -0.25) is 0 Å². The Morgan fingerprint density at radius 1 is 0.491 bits per heavy atom. The molecule has 0 heterocycles. The van der Waals surface area contributed by atoms with Gasteiger partial charge in [-0.2, -0.15) is 0 Å². The molecule has 2 aliphatic rings. The van der Waals surface area contributed by atoms with Crippen LogP contribution in [-0.2, 0) is 38.0 Å². The fraction of sp³-hybridized carbons (Fsp3) is 0.976. The zero-order valence-corrected chi connectivity index (χ0v) is 36.3. The molecule has 0 N–H and O–H groups in total. The first-order valence-electron chi connectivity index (χ1n) is 22.0. The van der Waals surface area contributed by atoms with Gasteiger partial charge in [-0.15, -0.1) is 0 Å². The third-order valence-corrected chi connectivity index (χ3v) is 16.6. The van der Waals surface area contributed by atoms with E-state index in [1.165, 1.54) is 128 Å². The summed E-state index contributed by atoms with van der Waals surface area (Å²) in [7, 11) is -10.9. The summed E-state index contributed by atoms with van der Waals surface area (Å²) >= 11 is 0. The van der Waals surface area contributed by atoms with E-state index >= 15 is 0 Å². The summed E-state index contributed by atoms with van der Waals surface area (Å²) in [6, 6.07) is 0. The molecule has 0 bridgehead atoms. The Bertz CT molecular complexity index is 1100. The van der Waals surface area contributed by atoms with Crippen molar-refractivity contribution in [3.05, 3.63) is 0 Å². The first-order chi connectivity index (χ1) is 25.6. The third kappa shape index (κ3) is 25.4. The Labute approximate surface area is 326 Å². The number of hydrogen-bond acceptors (Lipinski definition) is 9. The summed E-state index contributed by atoms with van der Waals surface area (Å²) in [6.45, 7) is 1.06. The molecule has 314 valence electrons. The van der Waals surface area contributed by atoms with Crippen LogP contribution in [0.3, 0.4) is 0 Å². The van der Waals surface area contributed by atoms with Gasteiger partial charge in [0.15, 0.2) is 0 Å². The average molecular weight is 811 g/mol. The van der Waals surface area contributed by atoms with Gasteiger partial charge in [-0.1, -0.05) is 167 Å². The molecule has 0 aromatic heterocycles. The molecule has 9 nitrogen and oxygen atoms in total. The predicted octanol–water partition coefficient (Wildman–Crippen LogP) is 12.2. The molecule has 53 heavy (non-hydrogen) atoms. The highest BCUT2D eigenvalue weighted by molar-refractivity contribution is 7.91. The summed E-state index contributed by atoms with van der Waals surface area (Å²) in [5.74, 6) is 1.99.